The van der Waals surface area contributed by atoms with Crippen LogP contribution in [-0.4, -0.2) is 81.3 Å². The van der Waals surface area contributed by atoms with Gasteiger partial charge in [0.15, 0.2) is 0 Å². The molecule has 0 aliphatic rings. The molecule has 0 bridgehead atoms. The van der Waals surface area contributed by atoms with Gasteiger partial charge in [-0.1, -0.05) is 0 Å². The van der Waals surface area contributed by atoms with E-state index in [9.17, 15) is 0 Å². The summed E-state index contributed by atoms with van der Waals surface area (Å²) in [7, 11) is -0.486. The molecule has 0 saturated carbocycles. The van der Waals surface area contributed by atoms with Crippen molar-refractivity contribution in [2.75, 3.05) is 73.9 Å². The van der Waals surface area contributed by atoms with Crippen LogP contribution in [0.2, 0.25) is 0 Å². The molecule has 55 heavy (non-hydrogen) atoms. The van der Waals surface area contributed by atoms with E-state index in [0.717, 1.165) is 0 Å². The van der Waals surface area contributed by atoms with Crippen LogP contribution in [0.4, 0.5) is 0 Å². The first-order valence-electron chi connectivity index (χ1n) is 25.5. The van der Waals surface area contributed by atoms with Crippen LogP contribution in [0.15, 0.2) is 0 Å². The Hall–Kier alpha value is 1.23. The minimum atomic E-state index is -2.74. The fourth-order valence-electron chi connectivity index (χ4n) is 10.1. The molecule has 0 heterocycles. The Bertz CT molecular complexity index is 672. The molecule has 0 spiro atoms. The van der Waals surface area contributed by atoms with Gasteiger partial charge in [0.25, 0.3) is 0 Å². The van der Waals surface area contributed by atoms with Gasteiger partial charge in [-0.3, -0.25) is 0 Å². The normalized spacial score (nSPS) is 14.9. The first-order chi connectivity index (χ1) is 26.5. The molecular formula is C48H108BO3P3. The monoisotopic (exact) mass is 837 g/mol. The van der Waals surface area contributed by atoms with Crippen LogP contribution >= 0.6 is 20.5 Å². The average molecular weight is 837 g/mol. The standard InChI is InChI=1S/C48H108BO3P3/c1-13-25-37-53(38-26-14-2,39-27-15-3,40-28-16-4)50-49(51-54(41-29-17-5,42-30-18-6,43-31-19-7)44-32-20-8)52-55(45-33-21-9,46-34-22-10,47-35-23-11)48-36-24-12/h13-48H2,1-12H3. The van der Waals surface area contributed by atoms with Gasteiger partial charge in [-0.25, -0.2) is 0 Å². The van der Waals surface area contributed by atoms with Gasteiger partial charge in [-0.05, 0) is 0 Å². The number of unbranched alkanes of at least 4 members (excludes halogenated alkanes) is 12. The third-order valence-electron chi connectivity index (χ3n) is 14.1. The SMILES string of the molecule is CCCCP(CCCC)(CCCC)(CCCC)OB(OP(CCCC)(CCCC)(CCCC)CCCC)OP(CCCC)(CCCC)(CCCC)CCCC. The van der Waals surface area contributed by atoms with Crippen molar-refractivity contribution >= 4 is 27.8 Å². The summed E-state index contributed by atoms with van der Waals surface area (Å²) in [5.41, 5.74) is 0. The van der Waals surface area contributed by atoms with E-state index < -0.39 is 27.8 Å². The van der Waals surface area contributed by atoms with E-state index in [1.165, 1.54) is 228 Å². The summed E-state index contributed by atoms with van der Waals surface area (Å²) >= 11 is 0. The molecule has 0 fully saturated rings. The van der Waals surface area contributed by atoms with Gasteiger partial charge >= 0.3 is 352 Å². The third-order valence-corrected chi connectivity index (χ3v) is 33.8. The molecule has 0 aliphatic carbocycles. The van der Waals surface area contributed by atoms with E-state index in [2.05, 4.69) is 83.1 Å². The molecule has 0 aromatic heterocycles. The zero-order chi connectivity index (χ0) is 41.5. The number of hydrogen-bond donors (Lipinski definition) is 0. The van der Waals surface area contributed by atoms with Gasteiger partial charge in [0.05, 0.1) is 0 Å². The molecule has 7 heteroatoms. The summed E-state index contributed by atoms with van der Waals surface area (Å²) in [5, 5.41) is 0. The van der Waals surface area contributed by atoms with Crippen LogP contribution in [0.1, 0.15) is 237 Å². The second-order valence-electron chi connectivity index (χ2n) is 19.1. The zero-order valence-corrected chi connectivity index (χ0v) is 43.3. The van der Waals surface area contributed by atoms with Crippen molar-refractivity contribution in [2.24, 2.45) is 0 Å². The average Bonchev–Trinajstić information content (AvgIpc) is 3.21. The van der Waals surface area contributed by atoms with Crippen LogP contribution in [0, 0.1) is 0 Å². The molecule has 0 rings (SSSR count). The summed E-state index contributed by atoms with van der Waals surface area (Å²) in [4.78, 5) is 0. The first-order valence-corrected chi connectivity index (χ1v) is 34.2. The molecule has 0 atom stereocenters. The van der Waals surface area contributed by atoms with Crippen LogP contribution in [0.3, 0.4) is 0 Å². The minimum absolute atomic E-state index is 0.486. The summed E-state index contributed by atoms with van der Waals surface area (Å²) in [6, 6.07) is 0. The summed E-state index contributed by atoms with van der Waals surface area (Å²) in [6.07, 6.45) is 45.7. The van der Waals surface area contributed by atoms with Gasteiger partial charge in [-0.2, -0.15) is 0 Å². The van der Waals surface area contributed by atoms with Crippen molar-refractivity contribution in [3.8, 4) is 0 Å². The maximum absolute atomic E-state index is 8.59. The van der Waals surface area contributed by atoms with E-state index in [0.29, 0.717) is 0 Å². The molecule has 0 saturated heterocycles. The molecule has 0 amide bonds. The molecule has 3 nitrogen and oxygen atoms in total. The van der Waals surface area contributed by atoms with E-state index >= 15 is 0 Å². The van der Waals surface area contributed by atoms with Crippen molar-refractivity contribution in [1.82, 2.24) is 0 Å². The fraction of sp³-hybridized carbons (Fsp3) is 1.00. The summed E-state index contributed by atoms with van der Waals surface area (Å²) in [6.45, 7) is 20.8. The molecular weight excluding hydrogens is 728 g/mol. The van der Waals surface area contributed by atoms with Crippen molar-refractivity contribution in [1.29, 1.82) is 0 Å². The topological polar surface area (TPSA) is 27.7 Å². The second kappa shape index (κ2) is 30.3. The van der Waals surface area contributed by atoms with Gasteiger partial charge in [0.1, 0.15) is 0 Å². The molecule has 0 N–H and O–H groups in total. The Labute approximate surface area is 350 Å². The van der Waals surface area contributed by atoms with Crippen molar-refractivity contribution in [2.45, 2.75) is 237 Å². The Morgan fingerprint density at radius 1 is 0.218 bits per heavy atom. The van der Waals surface area contributed by atoms with E-state index in [1.807, 2.05) is 0 Å². The van der Waals surface area contributed by atoms with Crippen LogP contribution in [0.5, 0.6) is 0 Å². The Balaban J connectivity index is 8.67. The second-order valence-corrected chi connectivity index (χ2v) is 36.3. The predicted octanol–water partition coefficient (Wildman–Crippen LogP) is 18.0. The molecule has 0 aromatic carbocycles. The van der Waals surface area contributed by atoms with Crippen molar-refractivity contribution in [3.63, 3.8) is 0 Å². The summed E-state index contributed by atoms with van der Waals surface area (Å²) in [5.74, 6) is 0. The van der Waals surface area contributed by atoms with Crippen molar-refractivity contribution in [3.05, 3.63) is 0 Å². The Morgan fingerprint density at radius 2 is 0.327 bits per heavy atom. The van der Waals surface area contributed by atoms with Gasteiger partial charge in [0, 0.05) is 0 Å². The van der Waals surface area contributed by atoms with Gasteiger partial charge in [0.2, 0.25) is 0 Å². The molecule has 0 aromatic rings. The van der Waals surface area contributed by atoms with E-state index in [4.69, 9.17) is 13.3 Å². The predicted molar refractivity (Wildman–Crippen MR) is 267 cm³/mol. The van der Waals surface area contributed by atoms with Crippen molar-refractivity contribution < 1.29 is 13.3 Å². The number of hydrogen-bond acceptors (Lipinski definition) is 3. The molecule has 0 radical (unpaired) electrons. The molecule has 0 unspecified atom stereocenters. The first kappa shape index (κ1) is 56.2. The third kappa shape index (κ3) is 18.8. The van der Waals surface area contributed by atoms with Gasteiger partial charge in [-0.15, -0.1) is 0 Å². The maximum atomic E-state index is 8.59. The quantitative estimate of drug-likeness (QED) is 0.0453. The molecule has 0 aliphatic heterocycles. The van der Waals surface area contributed by atoms with Crippen LogP contribution in [-0.2, 0) is 13.3 Å². The molecule has 336 valence electrons. The van der Waals surface area contributed by atoms with Gasteiger partial charge < -0.3 is 0 Å². The Morgan fingerprint density at radius 3 is 0.418 bits per heavy atom. The zero-order valence-electron chi connectivity index (χ0n) is 40.6. The van der Waals surface area contributed by atoms with E-state index in [1.54, 1.807) is 0 Å². The van der Waals surface area contributed by atoms with E-state index in [-0.39, 0.29) is 0 Å². The number of rotatable bonds is 42. The summed E-state index contributed by atoms with van der Waals surface area (Å²) < 4.78 is 25.8. The van der Waals surface area contributed by atoms with Crippen LogP contribution < -0.4 is 0 Å². The Kier molecular flexibility index (Phi) is 31.0. The fourth-order valence-corrected chi connectivity index (χ4v) is 30.7. The van der Waals surface area contributed by atoms with Crippen LogP contribution in [0.25, 0.3) is 0 Å².